The topological polar surface area (TPSA) is 92.6 Å². The molecule has 0 aliphatic heterocycles. The molecular weight excluding hydrogens is 222 g/mol. The van der Waals surface area contributed by atoms with Gasteiger partial charge in [-0.05, 0) is 12.1 Å². The molecule has 1 aromatic heterocycles. The number of hydrogen-bond acceptors (Lipinski definition) is 4. The monoisotopic (exact) mass is 233 g/mol. The first-order chi connectivity index (χ1) is 8.16. The lowest BCUT2D eigenvalue weighted by atomic mass is 10.2. The number of oxazole rings is 1. The van der Waals surface area contributed by atoms with Crippen LogP contribution in [0.25, 0.3) is 11.5 Å². The summed E-state index contributed by atoms with van der Waals surface area (Å²) in [5.41, 5.74) is 6.12. The van der Waals surface area contributed by atoms with Crippen LogP contribution in [-0.2, 0) is 6.54 Å². The molecule has 1 aromatic carbocycles. The van der Waals surface area contributed by atoms with E-state index in [-0.39, 0.29) is 6.54 Å². The molecule has 0 unspecified atom stereocenters. The van der Waals surface area contributed by atoms with Gasteiger partial charge in [-0.15, -0.1) is 0 Å². The highest BCUT2D eigenvalue weighted by Gasteiger charge is 2.11. The predicted molar refractivity (Wildman–Crippen MR) is 58.9 cm³/mol. The minimum absolute atomic E-state index is 0.105. The van der Waals surface area contributed by atoms with Gasteiger partial charge >= 0.3 is 6.03 Å². The minimum Gasteiger partial charge on any atom is -0.444 e. The van der Waals surface area contributed by atoms with E-state index >= 15 is 0 Å². The van der Waals surface area contributed by atoms with Crippen LogP contribution < -0.4 is 5.73 Å². The van der Waals surface area contributed by atoms with Crippen LogP contribution in [0.1, 0.15) is 5.69 Å². The Hall–Kier alpha value is -2.34. The summed E-state index contributed by atoms with van der Waals surface area (Å²) in [7, 11) is 0. The lowest BCUT2D eigenvalue weighted by Gasteiger charge is -2.08. The number of nitrogens with zero attached hydrogens (tertiary/aromatic N) is 2. The highest BCUT2D eigenvalue weighted by Crippen LogP contribution is 2.18. The minimum atomic E-state index is -0.936. The van der Waals surface area contributed by atoms with E-state index in [4.69, 9.17) is 15.4 Å². The van der Waals surface area contributed by atoms with Gasteiger partial charge in [-0.3, -0.25) is 5.21 Å². The van der Waals surface area contributed by atoms with Gasteiger partial charge in [-0.25, -0.2) is 14.8 Å². The van der Waals surface area contributed by atoms with Crippen molar-refractivity contribution in [2.24, 2.45) is 5.73 Å². The van der Waals surface area contributed by atoms with Gasteiger partial charge in [0.25, 0.3) is 0 Å². The number of aromatic nitrogens is 1. The van der Waals surface area contributed by atoms with Crippen molar-refractivity contribution in [2.45, 2.75) is 6.54 Å². The van der Waals surface area contributed by atoms with E-state index in [1.807, 2.05) is 30.3 Å². The van der Waals surface area contributed by atoms with E-state index in [1.54, 1.807) is 0 Å². The predicted octanol–water partition coefficient (Wildman–Crippen LogP) is 1.61. The quantitative estimate of drug-likeness (QED) is 0.622. The van der Waals surface area contributed by atoms with E-state index in [0.29, 0.717) is 16.6 Å². The van der Waals surface area contributed by atoms with Crippen molar-refractivity contribution in [3.05, 3.63) is 42.3 Å². The highest BCUT2D eigenvalue weighted by molar-refractivity contribution is 5.70. The van der Waals surface area contributed by atoms with Gasteiger partial charge in [-0.1, -0.05) is 18.2 Å². The molecule has 1 heterocycles. The Morgan fingerprint density at radius 2 is 2.12 bits per heavy atom. The fraction of sp³-hybridized carbons (Fsp3) is 0.0909. The molecule has 0 saturated carbocycles. The number of hydroxylamine groups is 2. The maximum Gasteiger partial charge on any atom is 0.338 e. The van der Waals surface area contributed by atoms with Gasteiger partial charge < -0.3 is 10.2 Å². The van der Waals surface area contributed by atoms with Gasteiger partial charge in [0.1, 0.15) is 12.0 Å². The SMILES string of the molecule is NC(=O)N(O)Cc1coc(-c2ccccc2)n1. The molecule has 6 heteroatoms. The van der Waals surface area contributed by atoms with Gasteiger partial charge in [0, 0.05) is 5.56 Å². The molecule has 3 N–H and O–H groups in total. The van der Waals surface area contributed by atoms with Crippen LogP contribution in [-0.4, -0.2) is 21.3 Å². The average Bonchev–Trinajstić information content (AvgIpc) is 2.78. The zero-order valence-electron chi connectivity index (χ0n) is 8.91. The first-order valence-electron chi connectivity index (χ1n) is 4.92. The van der Waals surface area contributed by atoms with Crippen LogP contribution >= 0.6 is 0 Å². The molecule has 0 atom stereocenters. The van der Waals surface area contributed by atoms with E-state index in [0.717, 1.165) is 5.56 Å². The van der Waals surface area contributed by atoms with Crippen LogP contribution in [0.3, 0.4) is 0 Å². The van der Waals surface area contributed by atoms with Crippen molar-refractivity contribution >= 4 is 6.03 Å². The molecule has 0 bridgehead atoms. The Morgan fingerprint density at radius 1 is 1.41 bits per heavy atom. The number of rotatable bonds is 3. The van der Waals surface area contributed by atoms with Gasteiger partial charge in [0.2, 0.25) is 5.89 Å². The standard InChI is InChI=1S/C11H11N3O3/c12-11(15)14(16)6-9-7-17-10(13-9)8-4-2-1-3-5-8/h1-5,7,16H,6H2,(H2,12,15). The van der Waals surface area contributed by atoms with Gasteiger partial charge in [0.05, 0.1) is 6.54 Å². The van der Waals surface area contributed by atoms with Crippen molar-refractivity contribution in [1.82, 2.24) is 10.0 Å². The molecule has 0 radical (unpaired) electrons. The number of urea groups is 1. The van der Waals surface area contributed by atoms with E-state index in [1.165, 1.54) is 6.26 Å². The number of benzene rings is 1. The molecule has 2 aromatic rings. The number of amides is 2. The molecule has 0 fully saturated rings. The summed E-state index contributed by atoms with van der Waals surface area (Å²) in [5.74, 6) is 0.429. The fourth-order valence-electron chi connectivity index (χ4n) is 1.32. The zero-order valence-corrected chi connectivity index (χ0v) is 8.91. The van der Waals surface area contributed by atoms with Crippen molar-refractivity contribution in [3.63, 3.8) is 0 Å². The van der Waals surface area contributed by atoms with Crippen molar-refractivity contribution in [2.75, 3.05) is 0 Å². The van der Waals surface area contributed by atoms with Crippen LogP contribution in [0.4, 0.5) is 4.79 Å². The number of hydrogen-bond donors (Lipinski definition) is 2. The molecule has 2 amide bonds. The Kier molecular flexibility index (Phi) is 3.06. The van der Waals surface area contributed by atoms with Gasteiger partial charge in [0.15, 0.2) is 0 Å². The summed E-state index contributed by atoms with van der Waals surface area (Å²) in [5, 5.41) is 9.50. The fourth-order valence-corrected chi connectivity index (χ4v) is 1.32. The molecule has 0 spiro atoms. The summed E-state index contributed by atoms with van der Waals surface area (Å²) in [6, 6.07) is 8.37. The van der Waals surface area contributed by atoms with Crippen LogP contribution in [0.5, 0.6) is 0 Å². The number of primary amides is 1. The maximum atomic E-state index is 10.6. The Morgan fingerprint density at radius 3 is 2.76 bits per heavy atom. The molecule has 0 saturated heterocycles. The van der Waals surface area contributed by atoms with Gasteiger partial charge in [-0.2, -0.15) is 0 Å². The average molecular weight is 233 g/mol. The van der Waals surface area contributed by atoms with Crippen molar-refractivity contribution < 1.29 is 14.4 Å². The molecule has 17 heavy (non-hydrogen) atoms. The summed E-state index contributed by atoms with van der Waals surface area (Å²) in [4.78, 5) is 14.7. The Balaban J connectivity index is 2.14. The first-order valence-corrected chi connectivity index (χ1v) is 4.92. The normalized spacial score (nSPS) is 10.2. The van der Waals surface area contributed by atoms with Crippen molar-refractivity contribution in [3.8, 4) is 11.5 Å². The molecule has 6 nitrogen and oxygen atoms in total. The third-order valence-corrected chi connectivity index (χ3v) is 2.14. The van der Waals surface area contributed by atoms with Crippen LogP contribution in [0.2, 0.25) is 0 Å². The summed E-state index contributed by atoms with van der Waals surface area (Å²) in [6.07, 6.45) is 1.37. The first kappa shape index (κ1) is 11.2. The maximum absolute atomic E-state index is 10.6. The lowest BCUT2D eigenvalue weighted by Crippen LogP contribution is -2.32. The second-order valence-electron chi connectivity index (χ2n) is 3.41. The number of carbonyl (C=O) groups is 1. The largest absolute Gasteiger partial charge is 0.444 e. The highest BCUT2D eigenvalue weighted by atomic mass is 16.5. The Labute approximate surface area is 97.2 Å². The zero-order chi connectivity index (χ0) is 12.3. The number of nitrogens with two attached hydrogens (primary N) is 1. The van der Waals surface area contributed by atoms with E-state index in [2.05, 4.69) is 4.98 Å². The molecular formula is C11H11N3O3. The third kappa shape index (κ3) is 2.61. The summed E-state index contributed by atoms with van der Waals surface area (Å²) < 4.78 is 5.23. The molecule has 2 rings (SSSR count). The summed E-state index contributed by atoms with van der Waals surface area (Å²) >= 11 is 0. The second-order valence-corrected chi connectivity index (χ2v) is 3.41. The summed E-state index contributed by atoms with van der Waals surface area (Å²) in [6.45, 7) is -0.105. The molecule has 88 valence electrons. The third-order valence-electron chi connectivity index (χ3n) is 2.14. The van der Waals surface area contributed by atoms with E-state index < -0.39 is 6.03 Å². The lowest BCUT2D eigenvalue weighted by molar-refractivity contribution is -0.0479. The molecule has 0 aliphatic carbocycles. The van der Waals surface area contributed by atoms with Crippen LogP contribution in [0, 0.1) is 0 Å². The van der Waals surface area contributed by atoms with Crippen molar-refractivity contribution in [1.29, 1.82) is 0 Å². The Bertz CT molecular complexity index is 510. The number of carbonyl (C=O) groups excluding carboxylic acids is 1. The van der Waals surface area contributed by atoms with E-state index in [9.17, 15) is 4.79 Å². The van der Waals surface area contributed by atoms with Crippen LogP contribution in [0.15, 0.2) is 41.0 Å². The molecule has 0 aliphatic rings. The smallest absolute Gasteiger partial charge is 0.338 e. The second kappa shape index (κ2) is 4.67.